The number of esters is 1. The Morgan fingerprint density at radius 1 is 1.39 bits per heavy atom. The lowest BCUT2D eigenvalue weighted by atomic mass is 9.89. The van der Waals surface area contributed by atoms with E-state index in [9.17, 15) is 4.79 Å². The van der Waals surface area contributed by atoms with Crippen LogP contribution >= 0.6 is 0 Å². The van der Waals surface area contributed by atoms with E-state index in [0.29, 0.717) is 0 Å². The Kier molecular flexibility index (Phi) is 2.67. The topological polar surface area (TPSA) is 29.5 Å². The number of carbonyl (C=O) groups is 1. The van der Waals surface area contributed by atoms with Gasteiger partial charge in [-0.15, -0.1) is 0 Å². The lowest BCUT2D eigenvalue weighted by Gasteiger charge is -2.37. The van der Waals surface area contributed by atoms with E-state index in [0.717, 1.165) is 19.4 Å². The number of carbonyl (C=O) groups excluding carboxylic acids is 1. The van der Waals surface area contributed by atoms with Crippen molar-refractivity contribution in [1.29, 1.82) is 0 Å². The zero-order valence-corrected chi connectivity index (χ0v) is 10.9. The molecule has 0 amide bonds. The monoisotopic (exact) mass is 245 g/mol. The molecule has 0 aromatic heterocycles. The van der Waals surface area contributed by atoms with Crippen molar-refractivity contribution in [2.45, 2.75) is 44.4 Å². The second kappa shape index (κ2) is 4.09. The van der Waals surface area contributed by atoms with Crippen LogP contribution in [0.25, 0.3) is 0 Å². The summed E-state index contributed by atoms with van der Waals surface area (Å²) in [7, 11) is 0. The van der Waals surface area contributed by atoms with Crippen LogP contribution in [0.15, 0.2) is 30.3 Å². The van der Waals surface area contributed by atoms with Crippen molar-refractivity contribution < 1.29 is 9.53 Å². The smallest absolute Gasteiger partial charge is 0.324 e. The number of hydrogen-bond acceptors (Lipinski definition) is 3. The minimum absolute atomic E-state index is 0.0437. The first-order valence-corrected chi connectivity index (χ1v) is 6.63. The summed E-state index contributed by atoms with van der Waals surface area (Å²) in [6.07, 6.45) is 1.77. The molecule has 96 valence electrons. The average Bonchev–Trinajstić information content (AvgIpc) is 2.61. The predicted octanol–water partition coefficient (Wildman–Crippen LogP) is 2.53. The molecule has 1 aromatic rings. The zero-order valence-electron chi connectivity index (χ0n) is 10.9. The maximum Gasteiger partial charge on any atom is 0.324 e. The van der Waals surface area contributed by atoms with Gasteiger partial charge in [0, 0.05) is 19.0 Å². The molecular weight excluding hydrogens is 226 g/mol. The Bertz CT molecular complexity index is 459. The fourth-order valence-corrected chi connectivity index (χ4v) is 3.16. The zero-order chi connectivity index (χ0) is 12.8. The highest BCUT2D eigenvalue weighted by Crippen LogP contribution is 2.40. The normalized spacial score (nSPS) is 33.2. The van der Waals surface area contributed by atoms with Crippen LogP contribution in [0.2, 0.25) is 0 Å². The van der Waals surface area contributed by atoms with Gasteiger partial charge in [-0.3, -0.25) is 9.69 Å². The van der Waals surface area contributed by atoms with Crippen molar-refractivity contribution in [2.24, 2.45) is 0 Å². The first kappa shape index (κ1) is 11.7. The van der Waals surface area contributed by atoms with E-state index in [1.807, 2.05) is 18.2 Å². The van der Waals surface area contributed by atoms with Gasteiger partial charge in [0.1, 0.15) is 11.6 Å². The van der Waals surface area contributed by atoms with Crippen LogP contribution in [0.3, 0.4) is 0 Å². The molecule has 3 atom stereocenters. The summed E-state index contributed by atoms with van der Waals surface area (Å²) in [5.41, 5.74) is 1.05. The third-order valence-corrected chi connectivity index (χ3v) is 4.32. The first-order chi connectivity index (χ1) is 8.59. The number of ether oxygens (including phenoxy) is 1. The third-order valence-electron chi connectivity index (χ3n) is 4.32. The Morgan fingerprint density at radius 3 is 2.83 bits per heavy atom. The van der Waals surface area contributed by atoms with Crippen LogP contribution in [-0.2, 0) is 9.53 Å². The molecule has 3 nitrogen and oxygen atoms in total. The number of piperidine rings is 1. The van der Waals surface area contributed by atoms with Gasteiger partial charge in [-0.2, -0.15) is 0 Å². The Balaban J connectivity index is 1.84. The summed E-state index contributed by atoms with van der Waals surface area (Å²) >= 11 is 0. The lowest BCUT2D eigenvalue weighted by molar-refractivity contribution is -0.148. The van der Waals surface area contributed by atoms with E-state index in [4.69, 9.17) is 4.74 Å². The summed E-state index contributed by atoms with van der Waals surface area (Å²) in [4.78, 5) is 14.2. The molecule has 3 heteroatoms. The van der Waals surface area contributed by atoms with Gasteiger partial charge in [-0.05, 0) is 25.8 Å². The molecule has 2 aliphatic rings. The standard InChI is InChI=1S/C15H19NO2/c1-11(12-6-4-3-5-7-12)16-9-8-15(2)10-13(16)14(17)18-15/h3-7,11,13H,8-10H2,1-2H3/t11?,13-,15+/m1/s1. The lowest BCUT2D eigenvalue weighted by Crippen LogP contribution is -2.45. The molecule has 18 heavy (non-hydrogen) atoms. The summed E-state index contributed by atoms with van der Waals surface area (Å²) < 4.78 is 5.51. The van der Waals surface area contributed by atoms with E-state index in [2.05, 4.69) is 30.9 Å². The van der Waals surface area contributed by atoms with Gasteiger partial charge in [0.25, 0.3) is 0 Å². The highest BCUT2D eigenvalue weighted by molar-refractivity contribution is 5.79. The van der Waals surface area contributed by atoms with Crippen molar-refractivity contribution in [2.75, 3.05) is 6.54 Å². The fraction of sp³-hybridized carbons (Fsp3) is 0.533. The summed E-state index contributed by atoms with van der Waals surface area (Å²) in [6, 6.07) is 10.6. The van der Waals surface area contributed by atoms with Gasteiger partial charge in [-0.1, -0.05) is 30.3 Å². The summed E-state index contributed by atoms with van der Waals surface area (Å²) in [5.74, 6) is -0.0437. The molecule has 2 fully saturated rings. The number of likely N-dealkylation sites (tertiary alicyclic amines) is 1. The largest absolute Gasteiger partial charge is 0.458 e. The van der Waals surface area contributed by atoms with Gasteiger partial charge < -0.3 is 4.74 Å². The number of nitrogens with zero attached hydrogens (tertiary/aromatic N) is 1. The summed E-state index contributed by atoms with van der Waals surface area (Å²) in [6.45, 7) is 5.15. The second-order valence-corrected chi connectivity index (χ2v) is 5.67. The van der Waals surface area contributed by atoms with Crippen molar-refractivity contribution >= 4 is 5.97 Å². The van der Waals surface area contributed by atoms with E-state index in [1.165, 1.54) is 5.56 Å². The average molecular weight is 245 g/mol. The van der Waals surface area contributed by atoms with Crippen LogP contribution in [0.5, 0.6) is 0 Å². The molecule has 0 aliphatic carbocycles. The Hall–Kier alpha value is -1.35. The molecule has 2 saturated heterocycles. The third kappa shape index (κ3) is 1.83. The quantitative estimate of drug-likeness (QED) is 0.750. The van der Waals surface area contributed by atoms with Crippen LogP contribution in [0, 0.1) is 0 Å². The van der Waals surface area contributed by atoms with Gasteiger partial charge >= 0.3 is 5.97 Å². The molecule has 0 saturated carbocycles. The van der Waals surface area contributed by atoms with E-state index in [1.54, 1.807) is 0 Å². The van der Waals surface area contributed by atoms with Gasteiger partial charge in [0.05, 0.1) is 0 Å². The minimum atomic E-state index is -0.214. The SMILES string of the molecule is CC(c1ccccc1)N1CC[C@@]2(C)C[C@@H]1C(=O)O2. The van der Waals surface area contributed by atoms with Crippen molar-refractivity contribution in [3.05, 3.63) is 35.9 Å². The molecule has 1 unspecified atom stereocenters. The maximum absolute atomic E-state index is 11.9. The molecule has 2 heterocycles. The molecular formula is C15H19NO2. The number of hydrogen-bond donors (Lipinski definition) is 0. The van der Waals surface area contributed by atoms with Crippen LogP contribution in [0.1, 0.15) is 38.3 Å². The maximum atomic E-state index is 11.9. The van der Waals surface area contributed by atoms with Crippen molar-refractivity contribution in [1.82, 2.24) is 4.90 Å². The van der Waals surface area contributed by atoms with Gasteiger partial charge in [0.15, 0.2) is 0 Å². The first-order valence-electron chi connectivity index (χ1n) is 6.63. The Labute approximate surface area is 108 Å². The van der Waals surface area contributed by atoms with Gasteiger partial charge in [0.2, 0.25) is 0 Å². The van der Waals surface area contributed by atoms with Gasteiger partial charge in [-0.25, -0.2) is 0 Å². The van der Waals surface area contributed by atoms with E-state index in [-0.39, 0.29) is 23.7 Å². The summed E-state index contributed by atoms with van der Waals surface area (Å²) in [5, 5.41) is 0. The van der Waals surface area contributed by atoms with Crippen molar-refractivity contribution in [3.8, 4) is 0 Å². The molecule has 3 rings (SSSR count). The number of fused-ring (bicyclic) bond motifs is 2. The predicted molar refractivity (Wildman–Crippen MR) is 69.1 cm³/mol. The Morgan fingerprint density at radius 2 is 2.11 bits per heavy atom. The molecule has 0 N–H and O–H groups in total. The van der Waals surface area contributed by atoms with Crippen LogP contribution in [-0.4, -0.2) is 29.1 Å². The molecule has 2 bridgehead atoms. The molecule has 2 aliphatic heterocycles. The molecule has 0 radical (unpaired) electrons. The number of rotatable bonds is 2. The van der Waals surface area contributed by atoms with Crippen molar-refractivity contribution in [3.63, 3.8) is 0 Å². The minimum Gasteiger partial charge on any atom is -0.458 e. The highest BCUT2D eigenvalue weighted by Gasteiger charge is 2.50. The fourth-order valence-electron chi connectivity index (χ4n) is 3.16. The van der Waals surface area contributed by atoms with Crippen LogP contribution < -0.4 is 0 Å². The molecule has 0 spiro atoms. The highest BCUT2D eigenvalue weighted by atomic mass is 16.6. The van der Waals surface area contributed by atoms with E-state index >= 15 is 0 Å². The second-order valence-electron chi connectivity index (χ2n) is 5.67. The van der Waals surface area contributed by atoms with E-state index < -0.39 is 0 Å². The number of benzene rings is 1. The molecule has 1 aromatic carbocycles. The van der Waals surface area contributed by atoms with Crippen LogP contribution in [0.4, 0.5) is 0 Å².